The topological polar surface area (TPSA) is 86.7 Å². The van der Waals surface area contributed by atoms with Crippen LogP contribution >= 0.6 is 0 Å². The van der Waals surface area contributed by atoms with Crippen molar-refractivity contribution in [1.29, 1.82) is 0 Å². The lowest BCUT2D eigenvalue weighted by molar-refractivity contribution is -0.148. The summed E-state index contributed by atoms with van der Waals surface area (Å²) in [4.78, 5) is 16.0. The Labute approximate surface area is 226 Å². The molecule has 3 aromatic carbocycles. The highest BCUT2D eigenvalue weighted by atomic mass is 16.6. The van der Waals surface area contributed by atoms with Crippen molar-refractivity contribution in [1.82, 2.24) is 4.90 Å². The zero-order valence-electron chi connectivity index (χ0n) is 22.0. The molecule has 1 N–H and O–H groups in total. The molecule has 3 aliphatic heterocycles. The second-order valence-corrected chi connectivity index (χ2v) is 10.3. The molecule has 4 aliphatic rings. The fourth-order valence-corrected chi connectivity index (χ4v) is 6.87. The van der Waals surface area contributed by atoms with Crippen LogP contribution in [0.3, 0.4) is 0 Å². The molecule has 1 fully saturated rings. The molecule has 0 spiro atoms. The summed E-state index contributed by atoms with van der Waals surface area (Å²) in [5.74, 6) is 1.36. The number of methoxy groups -OCH3 is 3. The summed E-state index contributed by atoms with van der Waals surface area (Å²) in [6.45, 7) is 0.605. The minimum absolute atomic E-state index is 0.138. The van der Waals surface area contributed by atoms with Crippen molar-refractivity contribution in [2.75, 3.05) is 27.9 Å². The molecule has 1 aliphatic carbocycles. The molecule has 7 rings (SSSR count). The molecule has 1 saturated heterocycles. The van der Waals surface area contributed by atoms with Crippen LogP contribution in [0.1, 0.15) is 35.4 Å². The highest BCUT2D eigenvalue weighted by Crippen LogP contribution is 2.71. The first kappa shape index (κ1) is 23.9. The van der Waals surface area contributed by atoms with Gasteiger partial charge in [0.1, 0.15) is 28.8 Å². The minimum atomic E-state index is -1.88. The van der Waals surface area contributed by atoms with Gasteiger partial charge in [-0.2, -0.15) is 0 Å². The first-order valence-corrected chi connectivity index (χ1v) is 13.1. The number of hydrogen-bond donors (Lipinski definition) is 1. The average Bonchev–Trinajstić information content (AvgIpc) is 3.62. The van der Waals surface area contributed by atoms with Crippen LogP contribution in [0.2, 0.25) is 0 Å². The predicted octanol–water partition coefficient (Wildman–Crippen LogP) is 4.22. The Kier molecular flexibility index (Phi) is 5.16. The zero-order valence-corrected chi connectivity index (χ0v) is 22.0. The van der Waals surface area contributed by atoms with Crippen LogP contribution in [0, 0.1) is 0 Å². The predicted molar refractivity (Wildman–Crippen MR) is 141 cm³/mol. The van der Waals surface area contributed by atoms with Crippen LogP contribution < -0.4 is 18.9 Å². The van der Waals surface area contributed by atoms with Gasteiger partial charge in [-0.25, -0.2) is 0 Å². The van der Waals surface area contributed by atoms with Crippen LogP contribution in [0.25, 0.3) is 0 Å². The average molecular weight is 528 g/mol. The summed E-state index contributed by atoms with van der Waals surface area (Å²) in [5.41, 5.74) is -1.06. The number of benzene rings is 3. The summed E-state index contributed by atoms with van der Waals surface area (Å²) >= 11 is 0. The van der Waals surface area contributed by atoms with E-state index in [1.807, 2.05) is 54.6 Å². The van der Waals surface area contributed by atoms with Gasteiger partial charge in [0.2, 0.25) is 0 Å². The SMILES string of the molecule is COc1ccc([C@@]23Oc4cc(OC)cc(OC)c4C2(O)C2=C(C(=O)N4CCC[C@H]4O2)[C@H]3c2ccccc2)cc1. The number of amides is 1. The summed E-state index contributed by atoms with van der Waals surface area (Å²) in [6.07, 6.45) is 1.08. The third kappa shape index (κ3) is 2.95. The standard InChI is InChI=1S/C31H29NO7/c1-35-20-13-11-19(12-14-20)31-26(18-8-5-4-6-9-18)25-28(38-24-10-7-15-32(24)29(25)33)30(31,34)27-22(37-3)16-21(36-2)17-23(27)39-31/h4-6,8-9,11-14,16-17,24,26,34H,7,10,15H2,1-3H3/t24-,26-,30?,31+/m1/s1. The molecule has 8 heteroatoms. The van der Waals surface area contributed by atoms with Crippen molar-refractivity contribution in [3.05, 3.63) is 94.8 Å². The number of fused-ring (bicyclic) bond motifs is 5. The van der Waals surface area contributed by atoms with Gasteiger partial charge in [0.25, 0.3) is 5.91 Å². The lowest BCUT2D eigenvalue weighted by atomic mass is 9.69. The number of carbonyl (C=O) groups excluding carboxylic acids is 1. The fraction of sp³-hybridized carbons (Fsp3) is 0.323. The van der Waals surface area contributed by atoms with E-state index in [1.54, 1.807) is 31.3 Å². The highest BCUT2D eigenvalue weighted by Gasteiger charge is 2.76. The third-order valence-electron chi connectivity index (χ3n) is 8.53. The van der Waals surface area contributed by atoms with Crippen molar-refractivity contribution < 1.29 is 33.6 Å². The summed E-state index contributed by atoms with van der Waals surface area (Å²) in [5, 5.41) is 13.2. The number of aliphatic hydroxyl groups is 1. The maximum absolute atomic E-state index is 14.2. The molecule has 0 aromatic heterocycles. The second-order valence-electron chi connectivity index (χ2n) is 10.3. The third-order valence-corrected chi connectivity index (χ3v) is 8.53. The Morgan fingerprint density at radius 1 is 0.949 bits per heavy atom. The molecule has 200 valence electrons. The Morgan fingerprint density at radius 3 is 2.38 bits per heavy atom. The van der Waals surface area contributed by atoms with Gasteiger partial charge >= 0.3 is 0 Å². The van der Waals surface area contributed by atoms with Crippen molar-refractivity contribution >= 4 is 5.91 Å². The maximum atomic E-state index is 14.2. The smallest absolute Gasteiger partial charge is 0.256 e. The summed E-state index contributed by atoms with van der Waals surface area (Å²) in [7, 11) is 4.71. The first-order chi connectivity index (χ1) is 19.0. The molecule has 3 heterocycles. The Hall–Kier alpha value is -4.17. The van der Waals surface area contributed by atoms with Gasteiger partial charge in [0, 0.05) is 30.7 Å². The molecule has 0 radical (unpaired) electrons. The number of nitrogens with zero attached hydrogens (tertiary/aromatic N) is 1. The van der Waals surface area contributed by atoms with Crippen molar-refractivity contribution in [3.8, 4) is 23.0 Å². The number of ether oxygens (including phenoxy) is 5. The van der Waals surface area contributed by atoms with E-state index in [2.05, 4.69) is 0 Å². The normalized spacial score (nSPS) is 28.2. The second kappa shape index (κ2) is 8.41. The van der Waals surface area contributed by atoms with Gasteiger partial charge in [0.15, 0.2) is 17.4 Å². The monoisotopic (exact) mass is 527 g/mol. The largest absolute Gasteiger partial charge is 0.497 e. The van der Waals surface area contributed by atoms with E-state index >= 15 is 0 Å². The summed E-state index contributed by atoms with van der Waals surface area (Å²) < 4.78 is 30.4. The van der Waals surface area contributed by atoms with Crippen LogP contribution in [0.4, 0.5) is 0 Å². The van der Waals surface area contributed by atoms with E-state index in [-0.39, 0.29) is 11.7 Å². The zero-order chi connectivity index (χ0) is 26.9. The van der Waals surface area contributed by atoms with Crippen molar-refractivity contribution in [3.63, 3.8) is 0 Å². The fourth-order valence-electron chi connectivity index (χ4n) is 6.87. The van der Waals surface area contributed by atoms with Crippen LogP contribution in [0.5, 0.6) is 23.0 Å². The lowest BCUT2D eigenvalue weighted by Gasteiger charge is -2.41. The molecule has 1 amide bonds. The van der Waals surface area contributed by atoms with E-state index in [0.717, 1.165) is 12.0 Å². The number of hydrogen-bond acceptors (Lipinski definition) is 7. The molecule has 4 atom stereocenters. The van der Waals surface area contributed by atoms with E-state index in [4.69, 9.17) is 23.7 Å². The maximum Gasteiger partial charge on any atom is 0.256 e. The van der Waals surface area contributed by atoms with Crippen molar-refractivity contribution in [2.45, 2.75) is 36.2 Å². The molecule has 39 heavy (non-hydrogen) atoms. The van der Waals surface area contributed by atoms with Gasteiger partial charge in [-0.05, 0) is 24.1 Å². The Bertz CT molecular complexity index is 1500. The Balaban J connectivity index is 1.59. The minimum Gasteiger partial charge on any atom is -0.497 e. The summed E-state index contributed by atoms with van der Waals surface area (Å²) in [6, 6.07) is 20.6. The van der Waals surface area contributed by atoms with E-state index in [9.17, 15) is 9.90 Å². The Morgan fingerprint density at radius 2 is 1.69 bits per heavy atom. The van der Waals surface area contributed by atoms with Gasteiger partial charge in [-0.15, -0.1) is 0 Å². The molecule has 0 saturated carbocycles. The van der Waals surface area contributed by atoms with E-state index < -0.39 is 23.3 Å². The molecular formula is C31H29NO7. The van der Waals surface area contributed by atoms with Gasteiger partial charge in [0.05, 0.1) is 38.4 Å². The molecule has 1 unspecified atom stereocenters. The number of carbonyl (C=O) groups is 1. The molecule has 8 nitrogen and oxygen atoms in total. The van der Waals surface area contributed by atoms with Crippen molar-refractivity contribution in [2.24, 2.45) is 0 Å². The molecular weight excluding hydrogens is 498 g/mol. The molecule has 3 aromatic rings. The van der Waals surface area contributed by atoms with Gasteiger partial charge in [-0.1, -0.05) is 42.5 Å². The number of rotatable bonds is 5. The van der Waals surface area contributed by atoms with E-state index in [1.165, 1.54) is 7.11 Å². The molecule has 0 bridgehead atoms. The lowest BCUT2D eigenvalue weighted by Crippen LogP contribution is -2.50. The van der Waals surface area contributed by atoms with Gasteiger partial charge < -0.3 is 33.7 Å². The van der Waals surface area contributed by atoms with Gasteiger partial charge in [-0.3, -0.25) is 4.79 Å². The van der Waals surface area contributed by atoms with Crippen LogP contribution in [-0.2, 0) is 20.7 Å². The van der Waals surface area contributed by atoms with E-state index in [0.29, 0.717) is 52.7 Å². The first-order valence-electron chi connectivity index (χ1n) is 13.1. The van der Waals surface area contributed by atoms with Crippen LogP contribution in [0.15, 0.2) is 78.1 Å². The quantitative estimate of drug-likeness (QED) is 0.532. The van der Waals surface area contributed by atoms with Crippen LogP contribution in [-0.4, -0.2) is 50.0 Å². The highest BCUT2D eigenvalue weighted by molar-refractivity contribution is 5.99.